The number of amides is 2. The zero-order valence-corrected chi connectivity index (χ0v) is 13.5. The van der Waals surface area contributed by atoms with Crippen LogP contribution in [0, 0.1) is 6.92 Å². The van der Waals surface area contributed by atoms with Crippen LogP contribution in [0.2, 0.25) is 0 Å². The van der Waals surface area contributed by atoms with E-state index in [0.717, 1.165) is 11.1 Å². The predicted octanol–water partition coefficient (Wildman–Crippen LogP) is 2.06. The summed E-state index contributed by atoms with van der Waals surface area (Å²) >= 11 is 0. The van der Waals surface area contributed by atoms with Gasteiger partial charge in [0.2, 0.25) is 0 Å². The SMILES string of the molecule is Cc1ccccc1NC1=C(C(=O)OCc2ccccc2)C(=O)NC1=O. The van der Waals surface area contributed by atoms with Crippen LogP contribution in [0.25, 0.3) is 0 Å². The van der Waals surface area contributed by atoms with Crippen molar-refractivity contribution in [1.29, 1.82) is 0 Å². The molecular weight excluding hydrogens is 320 g/mol. The van der Waals surface area contributed by atoms with Crippen molar-refractivity contribution in [2.24, 2.45) is 0 Å². The lowest BCUT2D eigenvalue weighted by Gasteiger charge is -2.10. The van der Waals surface area contributed by atoms with Crippen molar-refractivity contribution in [3.63, 3.8) is 0 Å². The molecule has 3 rings (SSSR count). The fourth-order valence-corrected chi connectivity index (χ4v) is 2.41. The second kappa shape index (κ2) is 7.00. The molecule has 1 heterocycles. The summed E-state index contributed by atoms with van der Waals surface area (Å²) < 4.78 is 5.18. The number of para-hydroxylation sites is 1. The van der Waals surface area contributed by atoms with Gasteiger partial charge in [0.05, 0.1) is 0 Å². The van der Waals surface area contributed by atoms with Crippen LogP contribution in [-0.2, 0) is 25.7 Å². The zero-order valence-electron chi connectivity index (χ0n) is 13.5. The van der Waals surface area contributed by atoms with Crippen LogP contribution in [0.3, 0.4) is 0 Å². The molecule has 2 aromatic carbocycles. The molecule has 2 N–H and O–H groups in total. The van der Waals surface area contributed by atoms with Gasteiger partial charge in [-0.25, -0.2) is 4.79 Å². The molecule has 0 saturated carbocycles. The second-order valence-electron chi connectivity index (χ2n) is 5.53. The van der Waals surface area contributed by atoms with Gasteiger partial charge in [0.25, 0.3) is 11.8 Å². The fraction of sp³-hybridized carbons (Fsp3) is 0.105. The summed E-state index contributed by atoms with van der Waals surface area (Å²) in [4.78, 5) is 36.3. The van der Waals surface area contributed by atoms with E-state index in [1.54, 1.807) is 24.3 Å². The zero-order chi connectivity index (χ0) is 17.8. The Hall–Kier alpha value is -3.41. The summed E-state index contributed by atoms with van der Waals surface area (Å²) in [6.07, 6.45) is 0. The lowest BCUT2D eigenvalue weighted by molar-refractivity contribution is -0.141. The number of hydrogen-bond donors (Lipinski definition) is 2. The molecule has 1 aliphatic rings. The largest absolute Gasteiger partial charge is 0.457 e. The van der Waals surface area contributed by atoms with Gasteiger partial charge in [0.1, 0.15) is 12.3 Å². The maximum Gasteiger partial charge on any atom is 0.346 e. The molecule has 1 aliphatic heterocycles. The lowest BCUT2D eigenvalue weighted by Crippen LogP contribution is -2.25. The van der Waals surface area contributed by atoms with E-state index in [1.807, 2.05) is 37.3 Å². The van der Waals surface area contributed by atoms with Crippen LogP contribution in [-0.4, -0.2) is 17.8 Å². The third kappa shape index (κ3) is 3.58. The minimum atomic E-state index is -0.844. The molecule has 126 valence electrons. The van der Waals surface area contributed by atoms with Gasteiger partial charge in [-0.2, -0.15) is 0 Å². The van der Waals surface area contributed by atoms with Crippen molar-refractivity contribution < 1.29 is 19.1 Å². The quantitative estimate of drug-likeness (QED) is 0.496. The fourth-order valence-electron chi connectivity index (χ4n) is 2.41. The van der Waals surface area contributed by atoms with Crippen LogP contribution in [0.5, 0.6) is 0 Å². The Morgan fingerprint density at radius 3 is 2.40 bits per heavy atom. The van der Waals surface area contributed by atoms with Crippen molar-refractivity contribution in [3.05, 3.63) is 77.0 Å². The number of carbonyl (C=O) groups is 3. The summed E-state index contributed by atoms with van der Waals surface area (Å²) in [5, 5.41) is 4.98. The van der Waals surface area contributed by atoms with Gasteiger partial charge in [0, 0.05) is 5.69 Å². The molecule has 0 atom stereocenters. The number of hydrogen-bond acceptors (Lipinski definition) is 5. The van der Waals surface area contributed by atoms with E-state index in [4.69, 9.17) is 4.74 Å². The number of anilines is 1. The summed E-state index contributed by atoms with van der Waals surface area (Å²) in [7, 11) is 0. The highest BCUT2D eigenvalue weighted by Gasteiger charge is 2.36. The molecule has 2 amide bonds. The normalized spacial score (nSPS) is 13.6. The van der Waals surface area contributed by atoms with Gasteiger partial charge < -0.3 is 10.1 Å². The number of aryl methyl sites for hydroxylation is 1. The van der Waals surface area contributed by atoms with Gasteiger partial charge in [-0.15, -0.1) is 0 Å². The van der Waals surface area contributed by atoms with E-state index in [1.165, 1.54) is 0 Å². The number of carbonyl (C=O) groups excluding carboxylic acids is 3. The Bertz CT molecular complexity index is 872. The third-order valence-electron chi connectivity index (χ3n) is 3.75. The highest BCUT2D eigenvalue weighted by molar-refractivity contribution is 6.31. The topological polar surface area (TPSA) is 84.5 Å². The average molecular weight is 336 g/mol. The van der Waals surface area contributed by atoms with Crippen LogP contribution in [0.4, 0.5) is 5.69 Å². The van der Waals surface area contributed by atoms with Gasteiger partial charge in [0.15, 0.2) is 5.57 Å². The van der Waals surface area contributed by atoms with E-state index >= 15 is 0 Å². The van der Waals surface area contributed by atoms with Gasteiger partial charge in [-0.05, 0) is 24.1 Å². The maximum atomic E-state index is 12.3. The first-order valence-electron chi connectivity index (χ1n) is 7.70. The molecule has 6 heteroatoms. The van der Waals surface area contributed by atoms with Crippen LogP contribution in [0.15, 0.2) is 65.9 Å². The van der Waals surface area contributed by atoms with Crippen molar-refractivity contribution in [3.8, 4) is 0 Å². The van der Waals surface area contributed by atoms with E-state index < -0.39 is 17.8 Å². The molecule has 0 bridgehead atoms. The molecule has 6 nitrogen and oxygen atoms in total. The minimum Gasteiger partial charge on any atom is -0.457 e. The smallest absolute Gasteiger partial charge is 0.346 e. The predicted molar refractivity (Wildman–Crippen MR) is 91.2 cm³/mol. The molecule has 0 spiro atoms. The summed E-state index contributed by atoms with van der Waals surface area (Å²) in [6, 6.07) is 16.3. The first-order valence-corrected chi connectivity index (χ1v) is 7.70. The number of esters is 1. The Kier molecular flexibility index (Phi) is 4.61. The number of benzene rings is 2. The minimum absolute atomic E-state index is 0.0162. The highest BCUT2D eigenvalue weighted by Crippen LogP contribution is 2.21. The average Bonchev–Trinajstić information content (AvgIpc) is 2.89. The van der Waals surface area contributed by atoms with E-state index in [2.05, 4.69) is 10.6 Å². The molecule has 0 fully saturated rings. The van der Waals surface area contributed by atoms with Crippen molar-refractivity contribution in [1.82, 2.24) is 5.32 Å². The number of imide groups is 1. The number of rotatable bonds is 5. The first-order chi connectivity index (χ1) is 12.1. The van der Waals surface area contributed by atoms with Crippen molar-refractivity contribution in [2.45, 2.75) is 13.5 Å². The Morgan fingerprint density at radius 1 is 1.00 bits per heavy atom. The Labute approximate surface area is 144 Å². The number of nitrogens with one attached hydrogen (secondary N) is 2. The monoisotopic (exact) mass is 336 g/mol. The molecule has 0 unspecified atom stereocenters. The highest BCUT2D eigenvalue weighted by atomic mass is 16.5. The standard InChI is InChI=1S/C19H16N2O4/c1-12-7-5-6-10-14(12)20-16-15(17(22)21-18(16)23)19(24)25-11-13-8-3-2-4-9-13/h2-10H,11H2,1H3,(H2,20,21,22,23). The first kappa shape index (κ1) is 16.4. The van der Waals surface area contributed by atoms with Gasteiger partial charge >= 0.3 is 5.97 Å². The Balaban J connectivity index is 1.83. The summed E-state index contributed by atoms with van der Waals surface area (Å²) in [6.45, 7) is 1.87. The van der Waals surface area contributed by atoms with Crippen LogP contribution < -0.4 is 10.6 Å². The van der Waals surface area contributed by atoms with Crippen LogP contribution in [0.1, 0.15) is 11.1 Å². The molecule has 25 heavy (non-hydrogen) atoms. The van der Waals surface area contributed by atoms with E-state index in [0.29, 0.717) is 5.69 Å². The van der Waals surface area contributed by atoms with E-state index in [-0.39, 0.29) is 17.9 Å². The van der Waals surface area contributed by atoms with Gasteiger partial charge in [-0.3, -0.25) is 14.9 Å². The van der Waals surface area contributed by atoms with Crippen molar-refractivity contribution in [2.75, 3.05) is 5.32 Å². The molecule has 2 aromatic rings. The van der Waals surface area contributed by atoms with Gasteiger partial charge in [-0.1, -0.05) is 48.5 Å². The number of ether oxygens (including phenoxy) is 1. The third-order valence-corrected chi connectivity index (χ3v) is 3.75. The molecular formula is C19H16N2O4. The Morgan fingerprint density at radius 2 is 1.68 bits per heavy atom. The molecule has 0 aliphatic carbocycles. The van der Waals surface area contributed by atoms with Crippen LogP contribution >= 0.6 is 0 Å². The lowest BCUT2D eigenvalue weighted by atomic mass is 10.1. The summed E-state index contributed by atoms with van der Waals surface area (Å²) in [5.41, 5.74) is 1.88. The molecule has 0 aromatic heterocycles. The molecule has 0 radical (unpaired) electrons. The summed E-state index contributed by atoms with van der Waals surface area (Å²) in [5.74, 6) is -2.26. The second-order valence-corrected chi connectivity index (χ2v) is 5.53. The van der Waals surface area contributed by atoms with E-state index in [9.17, 15) is 14.4 Å². The molecule has 0 saturated heterocycles. The maximum absolute atomic E-state index is 12.3. The van der Waals surface area contributed by atoms with Crippen molar-refractivity contribution >= 4 is 23.5 Å².